The van der Waals surface area contributed by atoms with Gasteiger partial charge in [-0.15, -0.1) is 48.0 Å². The van der Waals surface area contributed by atoms with Crippen molar-refractivity contribution in [2.24, 2.45) is 32.9 Å². The molecule has 4 rings (SSSR count). The summed E-state index contributed by atoms with van der Waals surface area (Å²) in [6, 6.07) is 12.4. The summed E-state index contributed by atoms with van der Waals surface area (Å²) in [5.41, 5.74) is 23.1. The monoisotopic (exact) mass is 1070 g/mol. The van der Waals surface area contributed by atoms with Gasteiger partial charge >= 0.3 is 0 Å². The first-order valence-corrected chi connectivity index (χ1v) is 24.3. The van der Waals surface area contributed by atoms with Crippen LogP contribution < -0.4 is 44.2 Å². The molecule has 0 aliphatic carbocycles. The van der Waals surface area contributed by atoms with Crippen molar-refractivity contribution < 1.29 is 38.4 Å². The van der Waals surface area contributed by atoms with Crippen molar-refractivity contribution in [1.82, 2.24) is 31.1 Å². The molecule has 2 aliphatic rings. The molecular weight excluding hydrogens is 1000 g/mol. The van der Waals surface area contributed by atoms with E-state index in [9.17, 15) is 38.4 Å². The Morgan fingerprint density at radius 2 is 0.915 bits per heavy atom. The van der Waals surface area contributed by atoms with Gasteiger partial charge in [0.2, 0.25) is 35.4 Å². The van der Waals surface area contributed by atoms with Crippen LogP contribution in [-0.4, -0.2) is 143 Å². The van der Waals surface area contributed by atoms with E-state index in [0.717, 1.165) is 11.1 Å². The first-order chi connectivity index (χ1) is 33.1. The van der Waals surface area contributed by atoms with Gasteiger partial charge in [0.25, 0.3) is 0 Å². The highest BCUT2D eigenvalue weighted by Crippen LogP contribution is 2.23. The Labute approximate surface area is 436 Å². The zero-order chi connectivity index (χ0) is 50.3. The number of hydrogen-bond acceptors (Lipinski definition) is 10. The number of nitrogens with two attached hydrogens (primary N) is 4. The fraction of sp³-hybridized carbons (Fsp3) is 0.532. The summed E-state index contributed by atoms with van der Waals surface area (Å²) in [6.07, 6.45) is 2.98. The molecule has 12 N–H and O–H groups in total. The highest BCUT2D eigenvalue weighted by atomic mass is 35.5. The lowest BCUT2D eigenvalue weighted by molar-refractivity contribution is -0.142. The van der Waals surface area contributed by atoms with Crippen molar-refractivity contribution in [2.75, 3.05) is 37.9 Å². The van der Waals surface area contributed by atoms with Crippen LogP contribution in [0.25, 0.3) is 0 Å². The summed E-state index contributed by atoms with van der Waals surface area (Å²) < 4.78 is 0. The number of aliphatic imine (C=N–C) groups is 2. The molecule has 0 unspecified atom stereocenters. The normalized spacial score (nSPS) is 16.6. The highest BCUT2D eigenvalue weighted by molar-refractivity contribution is 6.29. The van der Waals surface area contributed by atoms with Crippen LogP contribution in [0.15, 0.2) is 70.6 Å². The maximum Gasteiger partial charge on any atom is 0.246 e. The predicted molar refractivity (Wildman–Crippen MR) is 277 cm³/mol. The van der Waals surface area contributed by atoms with E-state index in [1.807, 2.05) is 36.4 Å². The Hall–Kier alpha value is -5.70. The molecule has 0 radical (unpaired) electrons. The number of carbonyl (C=O) groups excluding carboxylic acids is 8. The van der Waals surface area contributed by atoms with Crippen LogP contribution in [0, 0.1) is 0 Å². The molecule has 2 fully saturated rings. The highest BCUT2D eigenvalue weighted by Gasteiger charge is 2.40. The van der Waals surface area contributed by atoms with Gasteiger partial charge in [-0.25, -0.2) is 0 Å². The quantitative estimate of drug-likeness (QED) is 0.0258. The summed E-state index contributed by atoms with van der Waals surface area (Å²) in [5.74, 6) is -4.64. The van der Waals surface area contributed by atoms with Gasteiger partial charge < -0.3 is 54.0 Å². The molecule has 6 atom stereocenters. The van der Waals surface area contributed by atoms with Crippen LogP contribution in [0.2, 0.25) is 0 Å². The molecule has 6 amide bonds. The molecule has 0 bridgehead atoms. The molecule has 20 nitrogen and oxygen atoms in total. The third-order valence-electron chi connectivity index (χ3n) is 11.9. The number of benzene rings is 2. The minimum Gasteiger partial charge on any atom is -0.370 e. The maximum atomic E-state index is 14.3. The number of hydrogen-bond donors (Lipinski definition) is 8. The second-order valence-corrected chi connectivity index (χ2v) is 17.6. The van der Waals surface area contributed by atoms with Crippen molar-refractivity contribution >= 4 is 107 Å². The van der Waals surface area contributed by atoms with Crippen molar-refractivity contribution in [2.45, 2.75) is 120 Å². The average molecular weight is 1070 g/mol. The Kier molecular flexibility index (Phi) is 27.9. The Morgan fingerprint density at radius 1 is 0.549 bits per heavy atom. The molecule has 71 heavy (non-hydrogen) atoms. The smallest absolute Gasteiger partial charge is 0.246 e. The number of carbonyl (C=O) groups is 8. The lowest BCUT2D eigenvalue weighted by Gasteiger charge is -2.30. The van der Waals surface area contributed by atoms with Gasteiger partial charge in [0.1, 0.15) is 24.2 Å². The zero-order valence-electron chi connectivity index (χ0n) is 39.6. The van der Waals surface area contributed by atoms with E-state index in [-0.39, 0.29) is 120 Å². The van der Waals surface area contributed by atoms with E-state index in [0.29, 0.717) is 38.5 Å². The molecule has 0 aromatic heterocycles. The third kappa shape index (κ3) is 20.5. The molecule has 0 spiro atoms. The van der Waals surface area contributed by atoms with E-state index < -0.39 is 83.3 Å². The summed E-state index contributed by atoms with van der Waals surface area (Å²) in [7, 11) is 0. The number of likely N-dealkylation sites (tertiary alicyclic amines) is 2. The van der Waals surface area contributed by atoms with Crippen LogP contribution in [0.5, 0.6) is 0 Å². The van der Waals surface area contributed by atoms with Gasteiger partial charge in [-0.3, -0.25) is 48.3 Å². The Morgan fingerprint density at radius 3 is 1.25 bits per heavy atom. The van der Waals surface area contributed by atoms with Crippen LogP contribution in [0.1, 0.15) is 81.8 Å². The summed E-state index contributed by atoms with van der Waals surface area (Å²) in [4.78, 5) is 119. The van der Waals surface area contributed by atoms with Crippen molar-refractivity contribution in [3.63, 3.8) is 0 Å². The van der Waals surface area contributed by atoms with Gasteiger partial charge in [-0.2, -0.15) is 0 Å². The second-order valence-electron chi connectivity index (χ2n) is 17.1. The third-order valence-corrected chi connectivity index (χ3v) is 12.4. The molecule has 392 valence electrons. The minimum atomic E-state index is -1.06. The molecular formula is C47H68Cl4N12O8. The molecule has 2 aromatic rings. The molecule has 2 saturated heterocycles. The van der Waals surface area contributed by atoms with Crippen LogP contribution in [0.3, 0.4) is 0 Å². The van der Waals surface area contributed by atoms with Gasteiger partial charge in [0.05, 0.1) is 23.8 Å². The van der Waals surface area contributed by atoms with E-state index in [4.69, 9.17) is 46.1 Å². The first kappa shape index (κ1) is 61.4. The molecule has 0 saturated carbocycles. The lowest BCUT2D eigenvalue weighted by Crippen LogP contribution is -2.56. The summed E-state index contributed by atoms with van der Waals surface area (Å²) in [5, 5.41) is 11.2. The van der Waals surface area contributed by atoms with Crippen LogP contribution in [-0.2, 0) is 51.2 Å². The van der Waals surface area contributed by atoms with Gasteiger partial charge in [0.15, 0.2) is 23.5 Å². The van der Waals surface area contributed by atoms with Crippen molar-refractivity contribution in [3.8, 4) is 0 Å². The van der Waals surface area contributed by atoms with Crippen LogP contribution in [0.4, 0.5) is 0 Å². The fourth-order valence-electron chi connectivity index (χ4n) is 8.41. The number of nitrogens with one attached hydrogen (secondary N) is 4. The molecule has 2 aromatic carbocycles. The number of halogens is 4. The summed E-state index contributed by atoms with van der Waals surface area (Å²) >= 11 is 11.7. The lowest BCUT2D eigenvalue weighted by atomic mass is 10.0. The van der Waals surface area contributed by atoms with Crippen LogP contribution >= 0.6 is 48.0 Å². The number of ketones is 2. The number of rotatable bonds is 28. The Balaban J connectivity index is 0.00000864. The number of amides is 6. The number of alkyl halides is 2. The average Bonchev–Trinajstić information content (AvgIpc) is 4.04. The minimum absolute atomic E-state index is 0. The van der Waals surface area contributed by atoms with Gasteiger partial charge in [-0.1, -0.05) is 60.7 Å². The summed E-state index contributed by atoms with van der Waals surface area (Å²) in [6.45, 7) is 0.984. The van der Waals surface area contributed by atoms with E-state index in [1.54, 1.807) is 24.3 Å². The standard InChI is InChI=1S/C47H66Cl2N12O8.2ClH/c48-28-38(62)32(16-8-22-54-46(50)51)58-42(66)36-18-10-24-60(36)44(68)34(26-30-12-3-1-4-13-30)56-40(64)20-7-21-41(65)57-35(27-31-14-5-2-6-15-31)45(69)61-25-11-19-37(61)43(67)59-33(39(63)29-49)17-9-23-55-47(52)53;;/h1-6,12-15,32-37H,7-11,16-29H2,(H,56,64)(H,57,65)(H,58,66)(H,59,67)(H4,50,51,54)(H4,52,53,55);2*1H/t32-,33-,34+,35+,36-,37-;;/m0../s1. The van der Waals surface area contributed by atoms with Crippen molar-refractivity contribution in [3.05, 3.63) is 71.8 Å². The maximum absolute atomic E-state index is 14.3. The zero-order valence-corrected chi connectivity index (χ0v) is 42.8. The van der Waals surface area contributed by atoms with E-state index in [2.05, 4.69) is 31.3 Å². The first-order valence-electron chi connectivity index (χ1n) is 23.3. The van der Waals surface area contributed by atoms with Crippen molar-refractivity contribution in [1.29, 1.82) is 0 Å². The molecule has 24 heteroatoms. The van der Waals surface area contributed by atoms with E-state index >= 15 is 0 Å². The molecule has 2 heterocycles. The van der Waals surface area contributed by atoms with Gasteiger partial charge in [-0.05, 0) is 68.9 Å². The second kappa shape index (κ2) is 32.3. The number of nitrogens with zero attached hydrogens (tertiary/aromatic N) is 4. The number of Topliss-reactive ketones (excluding diaryl/α,β-unsaturated/α-hetero) is 2. The SMILES string of the molecule is Cl.Cl.NC(N)=NCCC[C@H](NC(=O)[C@@H]1CCCN1C(=O)[C@@H](Cc1ccccc1)NC(=O)CCCC(=O)N[C@H](Cc1ccccc1)C(=O)N1CCC[C@H]1C(=O)N[C@@H](CCCN=C(N)N)C(=O)CCl)C(=O)CCl. The van der Waals surface area contributed by atoms with E-state index in [1.165, 1.54) is 9.80 Å². The molecule has 2 aliphatic heterocycles. The fourth-order valence-corrected chi connectivity index (χ4v) is 8.78. The topological polar surface area (TPSA) is 320 Å². The predicted octanol–water partition coefficient (Wildman–Crippen LogP) is 1.13. The van der Waals surface area contributed by atoms with Gasteiger partial charge in [0, 0.05) is 51.9 Å². The number of guanidine groups is 2. The largest absolute Gasteiger partial charge is 0.370 e. The Bertz CT molecular complexity index is 1990.